The zero-order chi connectivity index (χ0) is 14.5. The molecular formula is C17H24N2O2. The molecule has 1 N–H and O–H groups in total. The lowest BCUT2D eigenvalue weighted by atomic mass is 10.0. The lowest BCUT2D eigenvalue weighted by molar-refractivity contribution is 0.181. The fourth-order valence-electron chi connectivity index (χ4n) is 3.24. The second-order valence-corrected chi connectivity index (χ2v) is 6.05. The molecule has 1 aliphatic carbocycles. The van der Waals surface area contributed by atoms with Crippen molar-refractivity contribution in [2.24, 2.45) is 5.92 Å². The van der Waals surface area contributed by atoms with Gasteiger partial charge in [-0.15, -0.1) is 0 Å². The predicted molar refractivity (Wildman–Crippen MR) is 84.8 cm³/mol. The lowest BCUT2D eigenvalue weighted by Crippen LogP contribution is -2.23. The van der Waals surface area contributed by atoms with Crippen molar-refractivity contribution >= 4 is 17.5 Å². The summed E-state index contributed by atoms with van der Waals surface area (Å²) in [6, 6.07) is 8.07. The molecule has 0 spiro atoms. The van der Waals surface area contributed by atoms with Crippen LogP contribution in [0, 0.1) is 5.92 Å². The number of rotatable bonds is 4. The maximum atomic E-state index is 11.6. The van der Waals surface area contributed by atoms with E-state index < -0.39 is 0 Å². The molecule has 2 fully saturated rings. The normalized spacial score (nSPS) is 20.2. The number of nitrogens with one attached hydrogen (secondary N) is 1. The molecule has 0 radical (unpaired) electrons. The molecule has 2 aliphatic rings. The topological polar surface area (TPSA) is 41.6 Å². The summed E-state index contributed by atoms with van der Waals surface area (Å²) in [5.74, 6) is 0.785. The summed E-state index contributed by atoms with van der Waals surface area (Å²) in [4.78, 5) is 13.3. The molecule has 21 heavy (non-hydrogen) atoms. The van der Waals surface area contributed by atoms with E-state index in [9.17, 15) is 4.79 Å². The van der Waals surface area contributed by atoms with Crippen molar-refractivity contribution in [2.45, 2.75) is 38.5 Å². The summed E-state index contributed by atoms with van der Waals surface area (Å²) in [5.41, 5.74) is 2.01. The van der Waals surface area contributed by atoms with Gasteiger partial charge in [0, 0.05) is 17.9 Å². The van der Waals surface area contributed by atoms with Gasteiger partial charge in [-0.3, -0.25) is 4.90 Å². The summed E-state index contributed by atoms with van der Waals surface area (Å²) in [7, 11) is 0. The zero-order valence-electron chi connectivity index (χ0n) is 12.5. The molecule has 1 saturated carbocycles. The van der Waals surface area contributed by atoms with Crippen molar-refractivity contribution in [1.29, 1.82) is 0 Å². The van der Waals surface area contributed by atoms with Gasteiger partial charge >= 0.3 is 6.09 Å². The Hall–Kier alpha value is -1.71. The van der Waals surface area contributed by atoms with Crippen LogP contribution in [-0.2, 0) is 4.74 Å². The fourth-order valence-corrected chi connectivity index (χ4v) is 3.24. The van der Waals surface area contributed by atoms with E-state index in [0.29, 0.717) is 13.2 Å². The third-order valence-corrected chi connectivity index (χ3v) is 4.49. The Morgan fingerprint density at radius 2 is 2.00 bits per heavy atom. The van der Waals surface area contributed by atoms with Crippen molar-refractivity contribution in [2.75, 3.05) is 29.9 Å². The molecule has 0 atom stereocenters. The van der Waals surface area contributed by atoms with Crippen LogP contribution >= 0.6 is 0 Å². The highest BCUT2D eigenvalue weighted by molar-refractivity contribution is 5.89. The number of carbonyl (C=O) groups is 1. The van der Waals surface area contributed by atoms with Gasteiger partial charge in [-0.1, -0.05) is 31.7 Å². The Morgan fingerprint density at radius 3 is 2.71 bits per heavy atom. The Balaban J connectivity index is 1.59. The highest BCUT2D eigenvalue weighted by Gasteiger charge is 2.23. The maximum absolute atomic E-state index is 11.6. The molecule has 114 valence electrons. The van der Waals surface area contributed by atoms with Crippen LogP contribution in [0.2, 0.25) is 0 Å². The van der Waals surface area contributed by atoms with Gasteiger partial charge in [0.1, 0.15) is 6.61 Å². The van der Waals surface area contributed by atoms with Crippen LogP contribution in [0.15, 0.2) is 24.3 Å². The fraction of sp³-hybridized carbons (Fsp3) is 0.588. The smallest absolute Gasteiger partial charge is 0.414 e. The number of hydrogen-bond acceptors (Lipinski definition) is 3. The van der Waals surface area contributed by atoms with E-state index >= 15 is 0 Å². The lowest BCUT2D eigenvalue weighted by Gasteiger charge is -2.18. The molecule has 1 aromatic rings. The molecule has 3 rings (SSSR count). The molecule has 0 unspecified atom stereocenters. The highest BCUT2D eigenvalue weighted by Crippen LogP contribution is 2.25. The van der Waals surface area contributed by atoms with Crippen molar-refractivity contribution in [1.82, 2.24) is 0 Å². The molecule has 4 nitrogen and oxygen atoms in total. The van der Waals surface area contributed by atoms with E-state index in [1.807, 2.05) is 18.2 Å². The maximum Gasteiger partial charge on any atom is 0.414 e. The summed E-state index contributed by atoms with van der Waals surface area (Å²) < 4.78 is 5.00. The van der Waals surface area contributed by atoms with E-state index in [1.54, 1.807) is 4.90 Å². The van der Waals surface area contributed by atoms with Gasteiger partial charge in [0.15, 0.2) is 0 Å². The van der Waals surface area contributed by atoms with Gasteiger partial charge in [0.2, 0.25) is 0 Å². The molecule has 0 bridgehead atoms. The number of ether oxygens (including phenoxy) is 1. The Kier molecular flexibility index (Phi) is 4.63. The van der Waals surface area contributed by atoms with E-state index in [0.717, 1.165) is 23.8 Å². The summed E-state index contributed by atoms with van der Waals surface area (Å²) >= 11 is 0. The molecule has 0 aromatic heterocycles. The highest BCUT2D eigenvalue weighted by atomic mass is 16.6. The van der Waals surface area contributed by atoms with Crippen LogP contribution < -0.4 is 10.2 Å². The van der Waals surface area contributed by atoms with Crippen molar-refractivity contribution in [3.05, 3.63) is 24.3 Å². The minimum atomic E-state index is -0.240. The predicted octanol–water partition coefficient (Wildman–Crippen LogP) is 4.03. The van der Waals surface area contributed by atoms with E-state index in [2.05, 4.69) is 11.4 Å². The van der Waals surface area contributed by atoms with Crippen LogP contribution in [0.4, 0.5) is 16.2 Å². The van der Waals surface area contributed by atoms with Crippen LogP contribution in [-0.4, -0.2) is 25.8 Å². The van der Waals surface area contributed by atoms with Crippen molar-refractivity contribution < 1.29 is 9.53 Å². The number of nitrogens with zero attached hydrogens (tertiary/aromatic N) is 1. The first-order valence-corrected chi connectivity index (χ1v) is 8.11. The first-order chi connectivity index (χ1) is 10.3. The van der Waals surface area contributed by atoms with Gasteiger partial charge in [-0.2, -0.15) is 0 Å². The second-order valence-electron chi connectivity index (χ2n) is 6.05. The van der Waals surface area contributed by atoms with Crippen LogP contribution in [0.25, 0.3) is 0 Å². The molecule has 1 amide bonds. The minimum absolute atomic E-state index is 0.240. The molecule has 1 aliphatic heterocycles. The number of anilines is 2. The zero-order valence-corrected chi connectivity index (χ0v) is 12.5. The standard InChI is InChI=1S/C17H24N2O2/c20-17-19(10-11-21-17)16-9-5-8-15(12-16)18-13-14-6-3-1-2-4-7-14/h5,8-9,12,14,18H,1-4,6-7,10-11,13H2. The largest absolute Gasteiger partial charge is 0.447 e. The SMILES string of the molecule is O=C1OCCN1c1cccc(NCC2CCCCCC2)c1. The Labute approximate surface area is 126 Å². The van der Waals surface area contributed by atoms with E-state index in [1.165, 1.54) is 38.5 Å². The number of hydrogen-bond donors (Lipinski definition) is 1. The molecule has 1 heterocycles. The third kappa shape index (κ3) is 3.69. The summed E-state index contributed by atoms with van der Waals surface area (Å²) in [5, 5.41) is 3.54. The molecular weight excluding hydrogens is 264 g/mol. The van der Waals surface area contributed by atoms with Gasteiger partial charge in [-0.25, -0.2) is 4.79 Å². The van der Waals surface area contributed by atoms with Gasteiger partial charge in [0.05, 0.1) is 6.54 Å². The Morgan fingerprint density at radius 1 is 1.19 bits per heavy atom. The van der Waals surface area contributed by atoms with Crippen molar-refractivity contribution in [3.8, 4) is 0 Å². The minimum Gasteiger partial charge on any atom is -0.447 e. The Bertz CT molecular complexity index is 481. The first-order valence-electron chi connectivity index (χ1n) is 8.11. The average molecular weight is 288 g/mol. The van der Waals surface area contributed by atoms with Crippen LogP contribution in [0.3, 0.4) is 0 Å². The first kappa shape index (κ1) is 14.2. The van der Waals surface area contributed by atoms with E-state index in [4.69, 9.17) is 4.74 Å². The molecule has 4 heteroatoms. The monoisotopic (exact) mass is 288 g/mol. The number of amides is 1. The average Bonchev–Trinajstić information content (AvgIpc) is 2.77. The van der Waals surface area contributed by atoms with Crippen LogP contribution in [0.1, 0.15) is 38.5 Å². The van der Waals surface area contributed by atoms with Gasteiger partial charge in [-0.05, 0) is 37.0 Å². The quantitative estimate of drug-likeness (QED) is 0.851. The van der Waals surface area contributed by atoms with E-state index in [-0.39, 0.29) is 6.09 Å². The number of carbonyl (C=O) groups excluding carboxylic acids is 1. The second kappa shape index (κ2) is 6.83. The molecule has 1 saturated heterocycles. The van der Waals surface area contributed by atoms with Crippen molar-refractivity contribution in [3.63, 3.8) is 0 Å². The van der Waals surface area contributed by atoms with Gasteiger partial charge < -0.3 is 10.1 Å². The number of benzene rings is 1. The molecule has 1 aromatic carbocycles. The number of cyclic esters (lactones) is 1. The van der Waals surface area contributed by atoms with Crippen LogP contribution in [0.5, 0.6) is 0 Å². The summed E-state index contributed by atoms with van der Waals surface area (Å²) in [6.07, 6.45) is 7.95. The third-order valence-electron chi connectivity index (χ3n) is 4.49. The van der Waals surface area contributed by atoms with Gasteiger partial charge in [0.25, 0.3) is 0 Å². The summed E-state index contributed by atoms with van der Waals surface area (Å²) in [6.45, 7) is 2.16.